The van der Waals surface area contributed by atoms with Crippen LogP contribution in [0.2, 0.25) is 0 Å². The second-order valence-corrected chi connectivity index (χ2v) is 7.06. The average Bonchev–Trinajstić information content (AvgIpc) is 2.77. The Morgan fingerprint density at radius 2 is 1.52 bits per heavy atom. The minimum absolute atomic E-state index is 0.210. The third kappa shape index (κ3) is 4.82. The Balaban J connectivity index is 1.50. The fraction of sp³-hybridized carbons (Fsp3) is 0.154. The normalized spacial score (nSPS) is 10.9. The van der Waals surface area contributed by atoms with E-state index >= 15 is 0 Å². The monoisotopic (exact) mass is 385 g/mol. The van der Waals surface area contributed by atoms with Crippen LogP contribution in [0.4, 0.5) is 4.39 Å². The predicted octanol–water partition coefficient (Wildman–Crippen LogP) is 5.89. The smallest absolute Gasteiger partial charge is 0.129 e. The molecule has 0 unspecified atom stereocenters. The van der Waals surface area contributed by atoms with Gasteiger partial charge in [-0.05, 0) is 41.4 Å². The molecule has 0 saturated heterocycles. The zero-order valence-corrected chi connectivity index (χ0v) is 16.3. The first kappa shape index (κ1) is 19.2. The van der Waals surface area contributed by atoms with Gasteiger partial charge in [0.15, 0.2) is 0 Å². The standard InChI is InChI=1S/C26H24FNO/c27-25-13-7-5-11-22(25)19-29-26-15-14-21-10-4-6-12-23(21)24(26)18-28-17-16-20-8-2-1-3-9-20/h1-15,28H,16-19H2. The Labute approximate surface area is 171 Å². The highest BCUT2D eigenvalue weighted by Gasteiger charge is 2.10. The van der Waals surface area contributed by atoms with Crippen molar-refractivity contribution in [3.63, 3.8) is 0 Å². The summed E-state index contributed by atoms with van der Waals surface area (Å²) in [6, 6.07) is 29.5. The van der Waals surface area contributed by atoms with Crippen molar-refractivity contribution < 1.29 is 9.13 Å². The van der Waals surface area contributed by atoms with Gasteiger partial charge >= 0.3 is 0 Å². The van der Waals surface area contributed by atoms with E-state index in [1.165, 1.54) is 17.0 Å². The molecule has 0 aliphatic rings. The lowest BCUT2D eigenvalue weighted by atomic mass is 10.0. The van der Waals surface area contributed by atoms with Crippen LogP contribution >= 0.6 is 0 Å². The zero-order valence-electron chi connectivity index (χ0n) is 16.3. The summed E-state index contributed by atoms with van der Waals surface area (Å²) in [5, 5.41) is 5.87. The van der Waals surface area contributed by atoms with Crippen LogP contribution in [-0.4, -0.2) is 6.54 Å². The lowest BCUT2D eigenvalue weighted by Crippen LogP contribution is -2.17. The molecule has 0 aromatic heterocycles. The van der Waals surface area contributed by atoms with Gasteiger partial charge in [-0.2, -0.15) is 0 Å². The van der Waals surface area contributed by atoms with E-state index in [9.17, 15) is 4.39 Å². The molecule has 29 heavy (non-hydrogen) atoms. The van der Waals surface area contributed by atoms with Crippen molar-refractivity contribution >= 4 is 10.8 Å². The Morgan fingerprint density at radius 3 is 2.38 bits per heavy atom. The third-order valence-electron chi connectivity index (χ3n) is 5.07. The highest BCUT2D eigenvalue weighted by Crippen LogP contribution is 2.29. The molecule has 0 amide bonds. The predicted molar refractivity (Wildman–Crippen MR) is 117 cm³/mol. The van der Waals surface area contributed by atoms with Crippen LogP contribution in [0.3, 0.4) is 0 Å². The van der Waals surface area contributed by atoms with Crippen LogP contribution in [-0.2, 0) is 19.6 Å². The Kier molecular flexibility index (Phi) is 6.18. The number of fused-ring (bicyclic) bond motifs is 1. The number of rotatable bonds is 8. The second-order valence-electron chi connectivity index (χ2n) is 7.06. The molecule has 0 atom stereocenters. The fourth-order valence-corrected chi connectivity index (χ4v) is 3.50. The van der Waals surface area contributed by atoms with Gasteiger partial charge in [-0.25, -0.2) is 4.39 Å². The summed E-state index contributed by atoms with van der Waals surface area (Å²) in [5.41, 5.74) is 2.98. The van der Waals surface area contributed by atoms with Gasteiger partial charge in [-0.15, -0.1) is 0 Å². The number of nitrogens with one attached hydrogen (secondary N) is 1. The van der Waals surface area contributed by atoms with Crippen molar-refractivity contribution in [1.29, 1.82) is 0 Å². The first-order chi connectivity index (χ1) is 14.3. The van der Waals surface area contributed by atoms with Crippen LogP contribution in [0.25, 0.3) is 10.8 Å². The highest BCUT2D eigenvalue weighted by molar-refractivity contribution is 5.87. The highest BCUT2D eigenvalue weighted by atomic mass is 19.1. The minimum Gasteiger partial charge on any atom is -0.488 e. The van der Waals surface area contributed by atoms with Crippen molar-refractivity contribution in [1.82, 2.24) is 5.32 Å². The summed E-state index contributed by atoms with van der Waals surface area (Å²) >= 11 is 0. The Hall–Kier alpha value is -3.17. The van der Waals surface area contributed by atoms with Gasteiger partial charge in [-0.1, -0.05) is 78.9 Å². The summed E-state index contributed by atoms with van der Waals surface area (Å²) in [7, 11) is 0. The summed E-state index contributed by atoms with van der Waals surface area (Å²) in [6.45, 7) is 1.78. The number of hydrogen-bond acceptors (Lipinski definition) is 2. The average molecular weight is 385 g/mol. The SMILES string of the molecule is Fc1ccccc1COc1ccc2ccccc2c1CNCCc1ccccc1. The van der Waals surface area contributed by atoms with Gasteiger partial charge < -0.3 is 10.1 Å². The zero-order chi connectivity index (χ0) is 19.9. The molecule has 0 radical (unpaired) electrons. The molecular weight excluding hydrogens is 361 g/mol. The van der Waals surface area contributed by atoms with E-state index < -0.39 is 0 Å². The molecule has 2 nitrogen and oxygen atoms in total. The number of hydrogen-bond donors (Lipinski definition) is 1. The Morgan fingerprint density at radius 1 is 0.759 bits per heavy atom. The van der Waals surface area contributed by atoms with Crippen molar-refractivity contribution in [3.8, 4) is 5.75 Å². The molecule has 0 aliphatic heterocycles. The summed E-state index contributed by atoms with van der Waals surface area (Å²) < 4.78 is 20.0. The molecule has 0 spiro atoms. The molecule has 0 aliphatic carbocycles. The van der Waals surface area contributed by atoms with Crippen molar-refractivity contribution in [3.05, 3.63) is 114 Å². The lowest BCUT2D eigenvalue weighted by molar-refractivity contribution is 0.296. The third-order valence-corrected chi connectivity index (χ3v) is 5.07. The van der Waals surface area contributed by atoms with E-state index in [1.54, 1.807) is 12.1 Å². The molecule has 4 aromatic rings. The van der Waals surface area contributed by atoms with Crippen LogP contribution in [0.1, 0.15) is 16.7 Å². The molecule has 4 aromatic carbocycles. The van der Waals surface area contributed by atoms with Crippen LogP contribution < -0.4 is 10.1 Å². The molecular formula is C26H24FNO. The summed E-state index contributed by atoms with van der Waals surface area (Å²) in [4.78, 5) is 0. The molecule has 146 valence electrons. The molecule has 0 heterocycles. The van der Waals surface area contributed by atoms with Gasteiger partial charge in [0.05, 0.1) is 0 Å². The van der Waals surface area contributed by atoms with Crippen molar-refractivity contribution in [2.75, 3.05) is 6.54 Å². The van der Waals surface area contributed by atoms with Crippen molar-refractivity contribution in [2.45, 2.75) is 19.6 Å². The van der Waals surface area contributed by atoms with Gasteiger partial charge in [0, 0.05) is 17.7 Å². The maximum Gasteiger partial charge on any atom is 0.129 e. The lowest BCUT2D eigenvalue weighted by Gasteiger charge is -2.15. The van der Waals surface area contributed by atoms with Crippen LogP contribution in [0.5, 0.6) is 5.75 Å². The maximum atomic E-state index is 14.0. The maximum absolute atomic E-state index is 14.0. The van der Waals surface area contributed by atoms with Crippen LogP contribution in [0, 0.1) is 5.82 Å². The van der Waals surface area contributed by atoms with Crippen molar-refractivity contribution in [2.24, 2.45) is 0 Å². The quantitative estimate of drug-likeness (QED) is 0.382. The second kappa shape index (κ2) is 9.35. The first-order valence-electron chi connectivity index (χ1n) is 9.93. The molecule has 3 heteroatoms. The van der Waals surface area contributed by atoms with E-state index in [2.05, 4.69) is 47.8 Å². The minimum atomic E-state index is -0.240. The van der Waals surface area contributed by atoms with Gasteiger partial charge in [0.1, 0.15) is 18.2 Å². The molecule has 4 rings (SSSR count). The molecule has 1 N–H and O–H groups in total. The first-order valence-corrected chi connectivity index (χ1v) is 9.93. The van der Waals surface area contributed by atoms with Gasteiger partial charge in [0.2, 0.25) is 0 Å². The number of benzene rings is 4. The fourth-order valence-electron chi connectivity index (χ4n) is 3.50. The largest absolute Gasteiger partial charge is 0.488 e. The van der Waals surface area contributed by atoms with E-state index in [0.29, 0.717) is 12.1 Å². The van der Waals surface area contributed by atoms with Gasteiger partial charge in [-0.3, -0.25) is 0 Å². The van der Waals surface area contributed by atoms with E-state index in [4.69, 9.17) is 4.74 Å². The molecule has 0 saturated carbocycles. The summed E-state index contributed by atoms with van der Waals surface area (Å²) in [6.07, 6.45) is 0.969. The molecule has 0 fully saturated rings. The van der Waals surface area contributed by atoms with E-state index in [0.717, 1.165) is 29.7 Å². The summed E-state index contributed by atoms with van der Waals surface area (Å²) in [5.74, 6) is 0.551. The van der Waals surface area contributed by atoms with Gasteiger partial charge in [0.25, 0.3) is 0 Å². The molecule has 0 bridgehead atoms. The number of ether oxygens (including phenoxy) is 1. The number of halogens is 1. The topological polar surface area (TPSA) is 21.3 Å². The Bertz CT molecular complexity index is 1080. The van der Waals surface area contributed by atoms with Crippen LogP contribution in [0.15, 0.2) is 91.0 Å². The van der Waals surface area contributed by atoms with E-state index in [1.807, 2.05) is 30.3 Å². The van der Waals surface area contributed by atoms with E-state index in [-0.39, 0.29) is 12.4 Å².